The summed E-state index contributed by atoms with van der Waals surface area (Å²) >= 11 is 3.29. The fourth-order valence-electron chi connectivity index (χ4n) is 2.08. The zero-order chi connectivity index (χ0) is 15.5. The Balaban J connectivity index is 3.58. The number of halogens is 1. The van der Waals surface area contributed by atoms with Crippen LogP contribution >= 0.6 is 23.5 Å². The fourth-order valence-corrected chi connectivity index (χ4v) is 3.54. The van der Waals surface area contributed by atoms with Crippen LogP contribution in [0.15, 0.2) is 10.5 Å². The Morgan fingerprint density at radius 1 is 1.25 bits per heavy atom. The summed E-state index contributed by atoms with van der Waals surface area (Å²) in [4.78, 5) is 30.0. The van der Waals surface area contributed by atoms with Gasteiger partial charge in [0.25, 0.3) is 5.52 Å². The lowest BCUT2D eigenvalue weighted by Gasteiger charge is -2.18. The van der Waals surface area contributed by atoms with Crippen LogP contribution in [-0.2, 0) is 17.4 Å². The zero-order valence-corrected chi connectivity index (χ0v) is 14.1. The second kappa shape index (κ2) is 6.85. The van der Waals surface area contributed by atoms with E-state index in [4.69, 9.17) is 14.5 Å². The van der Waals surface area contributed by atoms with E-state index in [1.54, 1.807) is 0 Å². The number of ether oxygens (including phenoxy) is 1. The molecule has 0 saturated carbocycles. The molecule has 0 atom stereocenters. The number of rotatable bonds is 6. The van der Waals surface area contributed by atoms with Gasteiger partial charge in [-0.15, -0.1) is 0 Å². The standard InChI is InChI=1S/C13H18BrO5P/c1-4-8-9(5-2)12(14)10(7-11(8)19-6-3)13(15)20(16,17)18/h7H,4-6H2,1-3H3,(H2,16,17,18). The molecule has 0 aromatic heterocycles. The third kappa shape index (κ3) is 3.50. The minimum Gasteiger partial charge on any atom is -0.494 e. The van der Waals surface area contributed by atoms with E-state index in [-0.39, 0.29) is 5.56 Å². The van der Waals surface area contributed by atoms with E-state index in [1.807, 2.05) is 20.8 Å². The topological polar surface area (TPSA) is 83.8 Å². The molecule has 0 amide bonds. The molecule has 20 heavy (non-hydrogen) atoms. The van der Waals surface area contributed by atoms with Crippen molar-refractivity contribution in [1.29, 1.82) is 0 Å². The van der Waals surface area contributed by atoms with Gasteiger partial charge in [-0.3, -0.25) is 9.36 Å². The Bertz CT molecular complexity index is 564. The zero-order valence-electron chi connectivity index (χ0n) is 11.6. The first kappa shape index (κ1) is 17.4. The van der Waals surface area contributed by atoms with Crippen molar-refractivity contribution in [2.24, 2.45) is 0 Å². The molecule has 5 nitrogen and oxygen atoms in total. The van der Waals surface area contributed by atoms with E-state index >= 15 is 0 Å². The van der Waals surface area contributed by atoms with Crippen LogP contribution in [0.25, 0.3) is 0 Å². The van der Waals surface area contributed by atoms with Gasteiger partial charge in [0.2, 0.25) is 0 Å². The molecular formula is C13H18BrO5P. The first-order chi connectivity index (χ1) is 9.27. The molecule has 1 aromatic rings. The van der Waals surface area contributed by atoms with Gasteiger partial charge in [-0.1, -0.05) is 13.8 Å². The number of benzene rings is 1. The molecule has 0 bridgehead atoms. The van der Waals surface area contributed by atoms with Crippen molar-refractivity contribution in [2.75, 3.05) is 6.61 Å². The lowest BCUT2D eigenvalue weighted by atomic mass is 9.99. The molecule has 7 heteroatoms. The summed E-state index contributed by atoms with van der Waals surface area (Å²) in [6.45, 7) is 6.12. The molecule has 0 aliphatic carbocycles. The van der Waals surface area contributed by atoms with Crippen molar-refractivity contribution in [3.8, 4) is 5.75 Å². The average molecular weight is 365 g/mol. The van der Waals surface area contributed by atoms with Crippen molar-refractivity contribution < 1.29 is 23.9 Å². The molecule has 1 aromatic carbocycles. The van der Waals surface area contributed by atoms with Crippen molar-refractivity contribution in [2.45, 2.75) is 33.6 Å². The van der Waals surface area contributed by atoms with Gasteiger partial charge in [0, 0.05) is 10.0 Å². The van der Waals surface area contributed by atoms with Crippen molar-refractivity contribution >= 4 is 29.1 Å². The highest BCUT2D eigenvalue weighted by Crippen LogP contribution is 2.44. The molecule has 0 saturated heterocycles. The minimum absolute atomic E-state index is 0.0316. The van der Waals surface area contributed by atoms with Gasteiger partial charge in [-0.2, -0.15) is 0 Å². The number of hydrogen-bond donors (Lipinski definition) is 2. The summed E-state index contributed by atoms with van der Waals surface area (Å²) in [6.07, 6.45) is 1.34. The van der Waals surface area contributed by atoms with Gasteiger partial charge in [0.05, 0.1) is 6.61 Å². The molecule has 0 heterocycles. The summed E-state index contributed by atoms with van der Waals surface area (Å²) in [5.41, 5.74) is 0.567. The van der Waals surface area contributed by atoms with E-state index < -0.39 is 13.1 Å². The summed E-state index contributed by atoms with van der Waals surface area (Å²) in [5.74, 6) is 0.506. The first-order valence-electron chi connectivity index (χ1n) is 6.35. The van der Waals surface area contributed by atoms with E-state index in [0.717, 1.165) is 11.1 Å². The number of carbonyl (C=O) groups is 1. The van der Waals surface area contributed by atoms with Gasteiger partial charge < -0.3 is 14.5 Å². The Hall–Kier alpha value is -0.680. The fraction of sp³-hybridized carbons (Fsp3) is 0.462. The Kier molecular flexibility index (Phi) is 5.95. The van der Waals surface area contributed by atoms with Crippen LogP contribution in [0, 0.1) is 0 Å². The van der Waals surface area contributed by atoms with Crippen molar-refractivity contribution in [3.05, 3.63) is 27.2 Å². The molecule has 0 unspecified atom stereocenters. The lowest BCUT2D eigenvalue weighted by molar-refractivity contribution is 0.104. The maximum atomic E-state index is 11.9. The van der Waals surface area contributed by atoms with Crippen LogP contribution in [0.1, 0.15) is 42.3 Å². The van der Waals surface area contributed by atoms with Crippen molar-refractivity contribution in [3.63, 3.8) is 0 Å². The molecule has 0 radical (unpaired) electrons. The highest BCUT2D eigenvalue weighted by Gasteiger charge is 2.31. The Morgan fingerprint density at radius 3 is 2.20 bits per heavy atom. The van der Waals surface area contributed by atoms with Crippen molar-refractivity contribution in [1.82, 2.24) is 0 Å². The van der Waals surface area contributed by atoms with Gasteiger partial charge >= 0.3 is 7.60 Å². The third-order valence-electron chi connectivity index (χ3n) is 2.94. The molecule has 0 aliphatic rings. The highest BCUT2D eigenvalue weighted by atomic mass is 79.9. The average Bonchev–Trinajstić information content (AvgIpc) is 2.38. The van der Waals surface area contributed by atoms with Crippen LogP contribution in [-0.4, -0.2) is 21.9 Å². The normalized spacial score (nSPS) is 11.5. The maximum absolute atomic E-state index is 11.9. The summed E-state index contributed by atoms with van der Waals surface area (Å²) < 4.78 is 17.1. The molecule has 112 valence electrons. The van der Waals surface area contributed by atoms with E-state index in [0.29, 0.717) is 29.7 Å². The second-order valence-electron chi connectivity index (χ2n) is 4.18. The van der Waals surface area contributed by atoms with Crippen LogP contribution in [0.3, 0.4) is 0 Å². The van der Waals surface area contributed by atoms with Gasteiger partial charge in [0.15, 0.2) is 0 Å². The summed E-state index contributed by atoms with van der Waals surface area (Å²) in [7, 11) is -4.82. The predicted molar refractivity (Wildman–Crippen MR) is 80.4 cm³/mol. The van der Waals surface area contributed by atoms with Gasteiger partial charge in [-0.25, -0.2) is 0 Å². The lowest BCUT2D eigenvalue weighted by Crippen LogP contribution is -2.08. The van der Waals surface area contributed by atoms with E-state index in [1.165, 1.54) is 6.07 Å². The smallest absolute Gasteiger partial charge is 0.396 e. The molecule has 0 fully saturated rings. The Morgan fingerprint density at radius 2 is 1.80 bits per heavy atom. The van der Waals surface area contributed by atoms with Crippen LogP contribution in [0.5, 0.6) is 5.75 Å². The summed E-state index contributed by atoms with van der Waals surface area (Å²) in [5, 5.41) is 0. The monoisotopic (exact) mass is 364 g/mol. The van der Waals surface area contributed by atoms with Gasteiger partial charge in [-0.05, 0) is 52.9 Å². The Labute approximate surface area is 126 Å². The quantitative estimate of drug-likeness (QED) is 0.756. The minimum atomic E-state index is -4.82. The van der Waals surface area contributed by atoms with Crippen LogP contribution in [0.4, 0.5) is 0 Å². The number of hydrogen-bond acceptors (Lipinski definition) is 3. The largest absolute Gasteiger partial charge is 0.494 e. The SMILES string of the molecule is CCOc1cc(C(=O)P(=O)(O)O)c(Br)c(CC)c1CC. The highest BCUT2D eigenvalue weighted by molar-refractivity contribution is 9.10. The third-order valence-corrected chi connectivity index (χ3v) is 4.62. The molecule has 2 N–H and O–H groups in total. The molecule has 0 aliphatic heterocycles. The predicted octanol–water partition coefficient (Wildman–Crippen LogP) is 3.29. The second-order valence-corrected chi connectivity index (χ2v) is 6.47. The maximum Gasteiger partial charge on any atom is 0.396 e. The summed E-state index contributed by atoms with van der Waals surface area (Å²) in [6, 6.07) is 1.41. The van der Waals surface area contributed by atoms with E-state index in [9.17, 15) is 9.36 Å². The van der Waals surface area contributed by atoms with E-state index in [2.05, 4.69) is 15.9 Å². The van der Waals surface area contributed by atoms with Crippen LogP contribution < -0.4 is 4.74 Å². The van der Waals surface area contributed by atoms with Gasteiger partial charge in [0.1, 0.15) is 5.75 Å². The molecular weight excluding hydrogens is 347 g/mol. The van der Waals surface area contributed by atoms with Crippen LogP contribution in [0.2, 0.25) is 0 Å². The molecule has 0 spiro atoms. The number of carbonyl (C=O) groups excluding carboxylic acids is 1. The molecule has 1 rings (SSSR count). The first-order valence-corrected chi connectivity index (χ1v) is 8.75.